The van der Waals surface area contributed by atoms with Gasteiger partial charge in [0.05, 0.1) is 18.3 Å². The van der Waals surface area contributed by atoms with Crippen molar-refractivity contribution in [1.29, 1.82) is 0 Å². The summed E-state index contributed by atoms with van der Waals surface area (Å²) < 4.78 is 43.9. The lowest BCUT2D eigenvalue weighted by molar-refractivity contribution is -0.149. The van der Waals surface area contributed by atoms with Crippen molar-refractivity contribution in [1.82, 2.24) is 4.90 Å². The van der Waals surface area contributed by atoms with E-state index in [0.29, 0.717) is 12.1 Å². The largest absolute Gasteiger partial charge is 0.416 e. The van der Waals surface area contributed by atoms with Crippen molar-refractivity contribution < 1.29 is 27.5 Å². The molecule has 138 valence electrons. The first-order chi connectivity index (χ1) is 11.7. The van der Waals surface area contributed by atoms with Crippen LogP contribution in [0, 0.1) is 5.92 Å². The van der Waals surface area contributed by atoms with E-state index in [4.69, 9.17) is 4.74 Å². The van der Waals surface area contributed by atoms with Crippen LogP contribution in [0.25, 0.3) is 0 Å². The van der Waals surface area contributed by atoms with E-state index in [0.717, 1.165) is 12.1 Å². The average Bonchev–Trinajstić information content (AvgIpc) is 2.53. The van der Waals surface area contributed by atoms with E-state index >= 15 is 0 Å². The Kier molecular flexibility index (Phi) is 6.21. The van der Waals surface area contributed by atoms with Crippen LogP contribution in [0.5, 0.6) is 0 Å². The van der Waals surface area contributed by atoms with Gasteiger partial charge in [0.2, 0.25) is 5.78 Å². The van der Waals surface area contributed by atoms with Gasteiger partial charge in [0, 0.05) is 25.9 Å². The number of ether oxygens (including phenoxy) is 1. The van der Waals surface area contributed by atoms with Crippen molar-refractivity contribution in [3.63, 3.8) is 0 Å². The molecule has 1 aliphatic rings. The maximum absolute atomic E-state index is 12.8. The lowest BCUT2D eigenvalue weighted by atomic mass is 10.0. The Morgan fingerprint density at radius 1 is 1.32 bits per heavy atom. The molecule has 0 bridgehead atoms. The fourth-order valence-corrected chi connectivity index (χ4v) is 2.80. The SMILES string of the molecule is CC(C)CC(=O)C(=O)N1CCO[C@@H](Cc2cccc(C(F)(F)F)c2)C1. The van der Waals surface area contributed by atoms with E-state index in [2.05, 4.69) is 0 Å². The summed E-state index contributed by atoms with van der Waals surface area (Å²) in [7, 11) is 0. The number of nitrogens with zero attached hydrogens (tertiary/aromatic N) is 1. The number of morpholine rings is 1. The van der Waals surface area contributed by atoms with E-state index in [1.54, 1.807) is 6.07 Å². The minimum Gasteiger partial charge on any atom is -0.374 e. The highest BCUT2D eigenvalue weighted by molar-refractivity contribution is 6.36. The van der Waals surface area contributed by atoms with Gasteiger partial charge in [0.25, 0.3) is 5.91 Å². The Balaban J connectivity index is 2.00. The number of Topliss-reactive ketones (excluding diaryl/α,β-unsaturated/α-hetero) is 1. The van der Waals surface area contributed by atoms with Gasteiger partial charge in [-0.25, -0.2) is 0 Å². The molecule has 1 heterocycles. The van der Waals surface area contributed by atoms with Crippen LogP contribution in [0.2, 0.25) is 0 Å². The minimum atomic E-state index is -4.39. The summed E-state index contributed by atoms with van der Waals surface area (Å²) in [6.45, 7) is 4.52. The van der Waals surface area contributed by atoms with Crippen LogP contribution in [0.4, 0.5) is 13.2 Å². The fourth-order valence-electron chi connectivity index (χ4n) is 2.80. The third-order valence-electron chi connectivity index (χ3n) is 3.98. The molecule has 0 saturated carbocycles. The number of carbonyl (C=O) groups excluding carboxylic acids is 2. The van der Waals surface area contributed by atoms with Crippen LogP contribution >= 0.6 is 0 Å². The first kappa shape index (κ1) is 19.4. The van der Waals surface area contributed by atoms with Crippen molar-refractivity contribution in [2.45, 2.75) is 39.0 Å². The van der Waals surface area contributed by atoms with Crippen LogP contribution < -0.4 is 0 Å². The van der Waals surface area contributed by atoms with E-state index in [-0.39, 0.29) is 31.9 Å². The van der Waals surface area contributed by atoms with Gasteiger partial charge >= 0.3 is 6.18 Å². The van der Waals surface area contributed by atoms with Gasteiger partial charge in [-0.15, -0.1) is 0 Å². The monoisotopic (exact) mass is 357 g/mol. The quantitative estimate of drug-likeness (QED) is 0.761. The second-order valence-electron chi connectivity index (χ2n) is 6.67. The van der Waals surface area contributed by atoms with E-state index < -0.39 is 29.5 Å². The van der Waals surface area contributed by atoms with E-state index in [9.17, 15) is 22.8 Å². The number of amides is 1. The molecule has 0 spiro atoms. The van der Waals surface area contributed by atoms with Gasteiger partial charge in [-0.2, -0.15) is 13.2 Å². The lowest BCUT2D eigenvalue weighted by Gasteiger charge is -2.32. The van der Waals surface area contributed by atoms with Gasteiger partial charge in [-0.3, -0.25) is 9.59 Å². The first-order valence-corrected chi connectivity index (χ1v) is 8.26. The Morgan fingerprint density at radius 3 is 2.68 bits per heavy atom. The lowest BCUT2D eigenvalue weighted by Crippen LogP contribution is -2.48. The molecule has 7 heteroatoms. The Labute approximate surface area is 144 Å². The summed E-state index contributed by atoms with van der Waals surface area (Å²) in [6, 6.07) is 5.07. The molecule has 0 N–H and O–H groups in total. The highest BCUT2D eigenvalue weighted by Crippen LogP contribution is 2.30. The van der Waals surface area contributed by atoms with Crippen LogP contribution in [0.15, 0.2) is 24.3 Å². The Hall–Kier alpha value is -1.89. The molecular weight excluding hydrogens is 335 g/mol. The van der Waals surface area contributed by atoms with E-state index in [1.165, 1.54) is 11.0 Å². The normalized spacial score (nSPS) is 18.5. The molecule has 0 radical (unpaired) electrons. The van der Waals surface area contributed by atoms with Gasteiger partial charge < -0.3 is 9.64 Å². The van der Waals surface area contributed by atoms with Gasteiger partial charge in [-0.1, -0.05) is 32.0 Å². The molecule has 1 amide bonds. The molecule has 0 aliphatic carbocycles. The molecule has 0 aromatic heterocycles. The minimum absolute atomic E-state index is 0.0957. The average molecular weight is 357 g/mol. The van der Waals surface area contributed by atoms with Crippen molar-refractivity contribution in [2.75, 3.05) is 19.7 Å². The predicted molar refractivity (Wildman–Crippen MR) is 85.9 cm³/mol. The Bertz CT molecular complexity index is 628. The number of hydrogen-bond acceptors (Lipinski definition) is 3. The molecule has 1 fully saturated rings. The van der Waals surface area contributed by atoms with Crippen molar-refractivity contribution in [2.24, 2.45) is 5.92 Å². The number of carbonyl (C=O) groups is 2. The molecule has 2 rings (SSSR count). The molecule has 1 saturated heterocycles. The molecular formula is C18H22F3NO3. The maximum atomic E-state index is 12.8. The molecule has 1 aromatic rings. The maximum Gasteiger partial charge on any atom is 0.416 e. The van der Waals surface area contributed by atoms with Crippen LogP contribution in [0.1, 0.15) is 31.4 Å². The van der Waals surface area contributed by atoms with Crippen LogP contribution in [-0.4, -0.2) is 42.4 Å². The molecule has 1 aliphatic heterocycles. The highest BCUT2D eigenvalue weighted by Gasteiger charge is 2.31. The summed E-state index contributed by atoms with van der Waals surface area (Å²) in [5.74, 6) is -0.876. The fraction of sp³-hybridized carbons (Fsp3) is 0.556. The molecule has 1 aromatic carbocycles. The molecule has 25 heavy (non-hydrogen) atoms. The third kappa shape index (κ3) is 5.56. The summed E-state index contributed by atoms with van der Waals surface area (Å²) in [5.41, 5.74) is -0.219. The second-order valence-corrected chi connectivity index (χ2v) is 6.67. The van der Waals surface area contributed by atoms with Gasteiger partial charge in [0.15, 0.2) is 0 Å². The summed E-state index contributed by atoms with van der Waals surface area (Å²) >= 11 is 0. The number of alkyl halides is 3. The summed E-state index contributed by atoms with van der Waals surface area (Å²) in [4.78, 5) is 25.5. The smallest absolute Gasteiger partial charge is 0.374 e. The zero-order chi connectivity index (χ0) is 18.6. The standard InChI is InChI=1S/C18H22F3NO3/c1-12(2)8-16(23)17(24)22-6-7-25-15(11-22)10-13-4-3-5-14(9-13)18(19,20)21/h3-5,9,12,15H,6-8,10-11H2,1-2H3/t15-/m0/s1. The Morgan fingerprint density at radius 2 is 2.04 bits per heavy atom. The molecule has 4 nitrogen and oxygen atoms in total. The van der Waals surface area contributed by atoms with Crippen LogP contribution in [-0.2, 0) is 26.9 Å². The molecule has 0 unspecified atom stereocenters. The van der Waals surface area contributed by atoms with Crippen molar-refractivity contribution in [3.05, 3.63) is 35.4 Å². The van der Waals surface area contributed by atoms with Gasteiger partial charge in [-0.05, 0) is 17.5 Å². The second kappa shape index (κ2) is 7.99. The number of halogens is 3. The number of rotatable bonds is 5. The third-order valence-corrected chi connectivity index (χ3v) is 3.98. The summed E-state index contributed by atoms with van der Waals surface area (Å²) in [5, 5.41) is 0. The number of hydrogen-bond donors (Lipinski definition) is 0. The summed E-state index contributed by atoms with van der Waals surface area (Å²) in [6.07, 6.45) is -4.37. The molecule has 1 atom stereocenters. The van der Waals surface area contributed by atoms with Crippen molar-refractivity contribution in [3.8, 4) is 0 Å². The number of benzene rings is 1. The van der Waals surface area contributed by atoms with E-state index in [1.807, 2.05) is 13.8 Å². The number of ketones is 1. The highest BCUT2D eigenvalue weighted by atomic mass is 19.4. The zero-order valence-electron chi connectivity index (χ0n) is 14.3. The van der Waals surface area contributed by atoms with Crippen LogP contribution in [0.3, 0.4) is 0 Å². The first-order valence-electron chi connectivity index (χ1n) is 8.26. The zero-order valence-corrected chi connectivity index (χ0v) is 14.3. The van der Waals surface area contributed by atoms with Crippen molar-refractivity contribution >= 4 is 11.7 Å². The predicted octanol–water partition coefficient (Wildman–Crippen LogP) is 3.09. The van der Waals surface area contributed by atoms with Gasteiger partial charge in [0.1, 0.15) is 0 Å². The topological polar surface area (TPSA) is 46.6 Å².